The second kappa shape index (κ2) is 7.29. The molecular formula is C18H18O6. The molecule has 6 nitrogen and oxygen atoms in total. The predicted molar refractivity (Wildman–Crippen MR) is 83.7 cm³/mol. The van der Waals surface area contributed by atoms with Crippen LogP contribution in [0.1, 0.15) is 53.3 Å². The van der Waals surface area contributed by atoms with Gasteiger partial charge in [0.05, 0.1) is 0 Å². The number of hydrogen-bond donors (Lipinski definition) is 0. The van der Waals surface area contributed by atoms with Crippen LogP contribution < -0.4 is 0 Å². The van der Waals surface area contributed by atoms with Crippen molar-refractivity contribution < 1.29 is 28.7 Å². The van der Waals surface area contributed by atoms with Crippen molar-refractivity contribution in [3.05, 3.63) is 35.4 Å². The number of hydrogen-bond acceptors (Lipinski definition) is 6. The molecule has 1 aliphatic carbocycles. The zero-order chi connectivity index (χ0) is 17.7. The van der Waals surface area contributed by atoms with Gasteiger partial charge < -0.3 is 9.53 Å². The van der Waals surface area contributed by atoms with Crippen molar-refractivity contribution in [2.24, 2.45) is 5.92 Å². The van der Waals surface area contributed by atoms with E-state index in [0.717, 1.165) is 12.8 Å². The smallest absolute Gasteiger partial charge is 0.294 e. The number of ether oxygens (including phenoxy) is 1. The van der Waals surface area contributed by atoms with E-state index in [1.807, 2.05) is 0 Å². The third kappa shape index (κ3) is 3.48. The molecule has 1 aromatic carbocycles. The zero-order valence-corrected chi connectivity index (χ0v) is 13.3. The topological polar surface area (TPSA) is 94.6 Å². The first-order valence-corrected chi connectivity index (χ1v) is 7.72. The average molecular weight is 330 g/mol. The van der Waals surface area contributed by atoms with Crippen LogP contribution in [0, 0.1) is 5.92 Å². The van der Waals surface area contributed by atoms with E-state index in [1.54, 1.807) is 12.1 Å². The Balaban J connectivity index is 2.35. The summed E-state index contributed by atoms with van der Waals surface area (Å²) in [6.45, 7) is 1.76. The van der Waals surface area contributed by atoms with Crippen LogP contribution in [0.15, 0.2) is 24.3 Å². The van der Waals surface area contributed by atoms with Gasteiger partial charge in [0.25, 0.3) is 6.47 Å². The Bertz CT molecular complexity index is 689. The fourth-order valence-corrected chi connectivity index (χ4v) is 2.67. The molecule has 1 aliphatic rings. The van der Waals surface area contributed by atoms with E-state index in [-0.39, 0.29) is 36.4 Å². The van der Waals surface area contributed by atoms with E-state index in [4.69, 9.17) is 4.74 Å². The van der Waals surface area contributed by atoms with Crippen molar-refractivity contribution in [3.63, 3.8) is 0 Å². The van der Waals surface area contributed by atoms with Gasteiger partial charge in [-0.3, -0.25) is 19.2 Å². The summed E-state index contributed by atoms with van der Waals surface area (Å²) in [6.07, 6.45) is 1.82. The lowest BCUT2D eigenvalue weighted by atomic mass is 9.86. The maximum absolute atomic E-state index is 12.9. The van der Waals surface area contributed by atoms with Crippen LogP contribution >= 0.6 is 0 Å². The minimum atomic E-state index is -1.34. The minimum absolute atomic E-state index is 0.0280. The molecule has 1 saturated carbocycles. The Kier molecular flexibility index (Phi) is 5.39. The van der Waals surface area contributed by atoms with E-state index >= 15 is 0 Å². The molecule has 0 aliphatic heterocycles. The fraction of sp³-hybridized carbons (Fsp3) is 0.389. The first-order chi connectivity index (χ1) is 11.5. The molecule has 0 aromatic heterocycles. The van der Waals surface area contributed by atoms with Gasteiger partial charge in [0, 0.05) is 29.9 Å². The molecule has 0 spiro atoms. The summed E-state index contributed by atoms with van der Waals surface area (Å²) in [5.74, 6) is -2.13. The Morgan fingerprint density at radius 3 is 2.33 bits per heavy atom. The Labute approximate surface area is 139 Å². The van der Waals surface area contributed by atoms with Crippen molar-refractivity contribution >= 4 is 30.1 Å². The minimum Gasteiger partial charge on any atom is -0.453 e. The second-order valence-electron chi connectivity index (χ2n) is 5.93. The van der Waals surface area contributed by atoms with Crippen molar-refractivity contribution in [1.29, 1.82) is 0 Å². The van der Waals surface area contributed by atoms with Crippen LogP contribution in [-0.4, -0.2) is 35.7 Å². The lowest BCUT2D eigenvalue weighted by molar-refractivity contribution is -0.139. The molecule has 0 radical (unpaired) electrons. The van der Waals surface area contributed by atoms with Gasteiger partial charge in [0.1, 0.15) is 6.29 Å². The van der Waals surface area contributed by atoms with E-state index in [0.29, 0.717) is 6.29 Å². The highest BCUT2D eigenvalue weighted by atomic mass is 16.5. The number of Topliss-reactive ketones (excluding diaryl/α,β-unsaturated/α-hetero) is 3. The summed E-state index contributed by atoms with van der Waals surface area (Å²) in [5, 5.41) is 0. The molecule has 1 fully saturated rings. The Morgan fingerprint density at radius 2 is 1.79 bits per heavy atom. The molecule has 24 heavy (non-hydrogen) atoms. The number of aldehydes is 1. The number of carbonyl (C=O) groups is 5. The van der Waals surface area contributed by atoms with E-state index < -0.39 is 23.0 Å². The Morgan fingerprint density at radius 1 is 1.17 bits per heavy atom. The third-order valence-corrected chi connectivity index (χ3v) is 4.26. The summed E-state index contributed by atoms with van der Waals surface area (Å²) >= 11 is 0. The van der Waals surface area contributed by atoms with Crippen molar-refractivity contribution in [1.82, 2.24) is 0 Å². The number of carbonyl (C=O) groups excluding carboxylic acids is 5. The highest BCUT2D eigenvalue weighted by molar-refractivity contribution is 6.45. The monoisotopic (exact) mass is 330 g/mol. The van der Waals surface area contributed by atoms with Crippen LogP contribution in [0.2, 0.25) is 0 Å². The average Bonchev–Trinajstić information content (AvgIpc) is 3.44. The van der Waals surface area contributed by atoms with Crippen molar-refractivity contribution in [2.45, 2.75) is 38.2 Å². The van der Waals surface area contributed by atoms with Gasteiger partial charge in [-0.15, -0.1) is 0 Å². The molecule has 1 unspecified atom stereocenters. The molecule has 0 amide bonds. The molecule has 126 valence electrons. The molecular weight excluding hydrogens is 312 g/mol. The van der Waals surface area contributed by atoms with Crippen LogP contribution in [0.3, 0.4) is 0 Å². The molecule has 1 aromatic rings. The van der Waals surface area contributed by atoms with Gasteiger partial charge in [-0.05, 0) is 19.8 Å². The molecule has 6 heteroatoms. The molecule has 1 atom stereocenters. The number of benzene rings is 1. The SMILES string of the molecule is CC(OC=O)(C(=O)c1ccccc1C(=O)C(=O)CCC=O)C1CC1. The van der Waals surface area contributed by atoms with Crippen LogP contribution in [0.25, 0.3) is 0 Å². The van der Waals surface area contributed by atoms with Gasteiger partial charge in [0.15, 0.2) is 5.60 Å². The van der Waals surface area contributed by atoms with Gasteiger partial charge in [0.2, 0.25) is 17.3 Å². The van der Waals surface area contributed by atoms with Gasteiger partial charge in [-0.1, -0.05) is 24.3 Å². The highest BCUT2D eigenvalue weighted by Gasteiger charge is 2.50. The number of ketones is 3. The summed E-state index contributed by atoms with van der Waals surface area (Å²) in [7, 11) is 0. The highest BCUT2D eigenvalue weighted by Crippen LogP contribution is 2.43. The Hall–Kier alpha value is -2.63. The largest absolute Gasteiger partial charge is 0.453 e. The first-order valence-electron chi connectivity index (χ1n) is 7.72. The third-order valence-electron chi connectivity index (χ3n) is 4.26. The van der Waals surface area contributed by atoms with Gasteiger partial charge >= 0.3 is 0 Å². The molecule has 0 heterocycles. The van der Waals surface area contributed by atoms with E-state index in [1.165, 1.54) is 19.1 Å². The van der Waals surface area contributed by atoms with Crippen molar-refractivity contribution in [3.8, 4) is 0 Å². The summed E-state index contributed by atoms with van der Waals surface area (Å²) in [5.41, 5.74) is -1.32. The second-order valence-corrected chi connectivity index (χ2v) is 5.93. The maximum Gasteiger partial charge on any atom is 0.294 e. The quantitative estimate of drug-likeness (QED) is 0.370. The normalized spacial score (nSPS) is 15.9. The molecule has 0 bridgehead atoms. The standard InChI is InChI=1S/C18H18O6/c1-18(24-11-20,12-8-9-12)17(23)14-6-3-2-5-13(14)16(22)15(21)7-4-10-19/h2-3,5-6,10-12H,4,7-9H2,1H3. The molecule has 0 saturated heterocycles. The van der Waals surface area contributed by atoms with Crippen LogP contribution in [0.5, 0.6) is 0 Å². The predicted octanol–water partition coefficient (Wildman–Crippen LogP) is 1.94. The fourth-order valence-electron chi connectivity index (χ4n) is 2.67. The zero-order valence-electron chi connectivity index (χ0n) is 13.3. The van der Waals surface area contributed by atoms with Gasteiger partial charge in [-0.2, -0.15) is 0 Å². The lowest BCUT2D eigenvalue weighted by Gasteiger charge is -2.26. The summed E-state index contributed by atoms with van der Waals surface area (Å²) < 4.78 is 5.06. The van der Waals surface area contributed by atoms with E-state index in [2.05, 4.69) is 0 Å². The van der Waals surface area contributed by atoms with Crippen LogP contribution in [-0.2, 0) is 19.1 Å². The first kappa shape index (κ1) is 17.7. The maximum atomic E-state index is 12.9. The van der Waals surface area contributed by atoms with E-state index in [9.17, 15) is 24.0 Å². The summed E-state index contributed by atoms with van der Waals surface area (Å²) in [4.78, 5) is 58.3. The lowest BCUT2D eigenvalue weighted by Crippen LogP contribution is -2.41. The summed E-state index contributed by atoms with van der Waals surface area (Å²) in [6, 6.07) is 5.96. The molecule has 0 N–H and O–H groups in total. The van der Waals surface area contributed by atoms with Crippen LogP contribution in [0.4, 0.5) is 0 Å². The van der Waals surface area contributed by atoms with Crippen molar-refractivity contribution in [2.75, 3.05) is 0 Å². The number of rotatable bonds is 10. The van der Waals surface area contributed by atoms with Gasteiger partial charge in [-0.25, -0.2) is 0 Å². The molecule has 2 rings (SSSR count).